The van der Waals surface area contributed by atoms with E-state index >= 15 is 0 Å². The Hall–Kier alpha value is -0.740. The van der Waals surface area contributed by atoms with Gasteiger partial charge in [0.2, 0.25) is 0 Å². The van der Waals surface area contributed by atoms with Crippen molar-refractivity contribution in [3.8, 4) is 0 Å². The second-order valence-corrected chi connectivity index (χ2v) is 5.48. The Balaban J connectivity index is 1.79. The van der Waals surface area contributed by atoms with Gasteiger partial charge < -0.3 is 16.0 Å². The van der Waals surface area contributed by atoms with Crippen molar-refractivity contribution in [2.45, 2.75) is 19.3 Å². The van der Waals surface area contributed by atoms with Crippen LogP contribution in [0.25, 0.3) is 0 Å². The number of nitrogens with one attached hydrogen (secondary N) is 1. The fourth-order valence-corrected chi connectivity index (χ4v) is 2.57. The second kappa shape index (κ2) is 6.26. The molecule has 17 heavy (non-hydrogen) atoms. The fourth-order valence-electron chi connectivity index (χ4n) is 2.21. The molecule has 0 spiro atoms. The highest BCUT2D eigenvalue weighted by atomic mass is 79.9. The summed E-state index contributed by atoms with van der Waals surface area (Å²) in [6, 6.07) is 5.92. The number of benzene rings is 1. The summed E-state index contributed by atoms with van der Waals surface area (Å²) in [5.41, 5.74) is 7.75. The zero-order valence-corrected chi connectivity index (χ0v) is 11.7. The van der Waals surface area contributed by atoms with Gasteiger partial charge in [-0.2, -0.15) is 0 Å². The Morgan fingerprint density at radius 2 is 2.00 bits per heavy atom. The maximum Gasteiger partial charge on any atom is 0.0585 e. The number of piperidine rings is 1. The number of nitrogen functional groups attached to an aromatic ring is 1. The molecular weight excluding hydrogens is 278 g/mol. The Bertz CT molecular complexity index is 362. The van der Waals surface area contributed by atoms with Crippen LogP contribution in [0.1, 0.15) is 19.3 Å². The smallest absolute Gasteiger partial charge is 0.0585 e. The fraction of sp³-hybridized carbons (Fsp3) is 0.538. The third kappa shape index (κ3) is 3.89. The molecule has 0 radical (unpaired) electrons. The zero-order valence-electron chi connectivity index (χ0n) is 10.1. The minimum absolute atomic E-state index is 0.812. The molecule has 0 atom stereocenters. The van der Waals surface area contributed by atoms with E-state index < -0.39 is 0 Å². The molecule has 1 aromatic carbocycles. The van der Waals surface area contributed by atoms with Gasteiger partial charge in [0.25, 0.3) is 0 Å². The molecule has 1 aliphatic rings. The number of likely N-dealkylation sites (tertiary alicyclic amines) is 1. The molecule has 0 bridgehead atoms. The van der Waals surface area contributed by atoms with E-state index in [1.807, 2.05) is 18.2 Å². The first-order chi connectivity index (χ1) is 8.25. The summed E-state index contributed by atoms with van der Waals surface area (Å²) in [6.45, 7) is 4.55. The van der Waals surface area contributed by atoms with Crippen molar-refractivity contribution < 1.29 is 0 Å². The molecule has 1 aromatic rings. The van der Waals surface area contributed by atoms with Crippen LogP contribution in [-0.2, 0) is 0 Å². The summed E-state index contributed by atoms with van der Waals surface area (Å²) in [5.74, 6) is 0. The predicted octanol–water partition coefficient (Wildman–Crippen LogP) is 2.93. The highest BCUT2D eigenvalue weighted by Crippen LogP contribution is 2.23. The molecule has 3 N–H and O–H groups in total. The Labute approximate surface area is 111 Å². The van der Waals surface area contributed by atoms with E-state index in [1.54, 1.807) is 0 Å². The van der Waals surface area contributed by atoms with Gasteiger partial charge >= 0.3 is 0 Å². The standard InChI is InChI=1S/C13H20BrN3/c14-11-4-5-12(15)13(10-11)16-6-9-17-7-2-1-3-8-17/h4-5,10,16H,1-3,6-9,15H2. The third-order valence-corrected chi connectivity index (χ3v) is 3.70. The molecule has 1 heterocycles. The molecule has 1 fully saturated rings. The quantitative estimate of drug-likeness (QED) is 0.840. The minimum atomic E-state index is 0.812. The minimum Gasteiger partial charge on any atom is -0.397 e. The first-order valence-corrected chi connectivity index (χ1v) is 7.06. The molecule has 94 valence electrons. The number of nitrogens with two attached hydrogens (primary N) is 1. The van der Waals surface area contributed by atoms with Crippen molar-refractivity contribution in [1.29, 1.82) is 0 Å². The lowest BCUT2D eigenvalue weighted by Crippen LogP contribution is -2.33. The molecule has 1 aliphatic heterocycles. The van der Waals surface area contributed by atoms with Gasteiger partial charge in [0.05, 0.1) is 11.4 Å². The number of hydrogen-bond acceptors (Lipinski definition) is 3. The van der Waals surface area contributed by atoms with Crippen LogP contribution in [0.4, 0.5) is 11.4 Å². The molecular formula is C13H20BrN3. The van der Waals surface area contributed by atoms with Crippen molar-refractivity contribution in [2.24, 2.45) is 0 Å². The molecule has 3 nitrogen and oxygen atoms in total. The number of halogens is 1. The van der Waals surface area contributed by atoms with Crippen LogP contribution >= 0.6 is 15.9 Å². The molecule has 0 amide bonds. The normalized spacial score (nSPS) is 17.0. The Kier molecular flexibility index (Phi) is 4.68. The van der Waals surface area contributed by atoms with Crippen molar-refractivity contribution >= 4 is 27.3 Å². The highest BCUT2D eigenvalue weighted by Gasteiger charge is 2.09. The van der Waals surface area contributed by atoms with Crippen LogP contribution in [0.15, 0.2) is 22.7 Å². The number of hydrogen-bond donors (Lipinski definition) is 2. The van der Waals surface area contributed by atoms with Gasteiger partial charge in [-0.25, -0.2) is 0 Å². The van der Waals surface area contributed by atoms with Crippen molar-refractivity contribution in [3.63, 3.8) is 0 Å². The van der Waals surface area contributed by atoms with Crippen LogP contribution in [-0.4, -0.2) is 31.1 Å². The molecule has 1 saturated heterocycles. The van der Waals surface area contributed by atoms with Crippen LogP contribution < -0.4 is 11.1 Å². The lowest BCUT2D eigenvalue weighted by Gasteiger charge is -2.26. The molecule has 2 rings (SSSR count). The lowest BCUT2D eigenvalue weighted by atomic mass is 10.1. The number of anilines is 2. The van der Waals surface area contributed by atoms with Crippen molar-refractivity contribution in [2.75, 3.05) is 37.2 Å². The van der Waals surface area contributed by atoms with Gasteiger partial charge in [0, 0.05) is 17.6 Å². The van der Waals surface area contributed by atoms with E-state index in [9.17, 15) is 0 Å². The monoisotopic (exact) mass is 297 g/mol. The molecule has 4 heteroatoms. The van der Waals surface area contributed by atoms with E-state index in [2.05, 4.69) is 26.1 Å². The largest absolute Gasteiger partial charge is 0.397 e. The van der Waals surface area contributed by atoms with Gasteiger partial charge in [-0.05, 0) is 44.1 Å². The Morgan fingerprint density at radius 3 is 2.76 bits per heavy atom. The molecule has 0 aromatic heterocycles. The van der Waals surface area contributed by atoms with E-state index in [0.717, 1.165) is 28.9 Å². The molecule has 0 aliphatic carbocycles. The summed E-state index contributed by atoms with van der Waals surface area (Å²) in [6.07, 6.45) is 4.08. The molecule has 0 saturated carbocycles. The van der Waals surface area contributed by atoms with Crippen molar-refractivity contribution in [3.05, 3.63) is 22.7 Å². The van der Waals surface area contributed by atoms with Gasteiger partial charge in [0.1, 0.15) is 0 Å². The summed E-state index contributed by atoms with van der Waals surface area (Å²) < 4.78 is 1.06. The van der Waals surface area contributed by atoms with Crippen LogP contribution in [0.2, 0.25) is 0 Å². The van der Waals surface area contributed by atoms with Crippen molar-refractivity contribution in [1.82, 2.24) is 4.90 Å². The van der Waals surface area contributed by atoms with Gasteiger partial charge in [0.15, 0.2) is 0 Å². The van der Waals surface area contributed by atoms with E-state index in [1.165, 1.54) is 32.4 Å². The average Bonchev–Trinajstić information content (AvgIpc) is 2.35. The van der Waals surface area contributed by atoms with E-state index in [4.69, 9.17) is 5.73 Å². The number of rotatable bonds is 4. The lowest BCUT2D eigenvalue weighted by molar-refractivity contribution is 0.237. The van der Waals surface area contributed by atoms with Crippen LogP contribution in [0.5, 0.6) is 0 Å². The van der Waals surface area contributed by atoms with E-state index in [0.29, 0.717) is 0 Å². The maximum absolute atomic E-state index is 5.91. The summed E-state index contributed by atoms with van der Waals surface area (Å²) >= 11 is 3.46. The van der Waals surface area contributed by atoms with Crippen LogP contribution in [0, 0.1) is 0 Å². The highest BCUT2D eigenvalue weighted by molar-refractivity contribution is 9.10. The first-order valence-electron chi connectivity index (χ1n) is 6.27. The van der Waals surface area contributed by atoms with Crippen LogP contribution in [0.3, 0.4) is 0 Å². The second-order valence-electron chi connectivity index (χ2n) is 4.56. The topological polar surface area (TPSA) is 41.3 Å². The third-order valence-electron chi connectivity index (χ3n) is 3.21. The predicted molar refractivity (Wildman–Crippen MR) is 77.3 cm³/mol. The van der Waals surface area contributed by atoms with Gasteiger partial charge in [-0.15, -0.1) is 0 Å². The summed E-state index contributed by atoms with van der Waals surface area (Å²) in [4.78, 5) is 2.52. The van der Waals surface area contributed by atoms with E-state index in [-0.39, 0.29) is 0 Å². The van der Waals surface area contributed by atoms with Gasteiger partial charge in [-0.1, -0.05) is 22.4 Å². The maximum atomic E-state index is 5.91. The summed E-state index contributed by atoms with van der Waals surface area (Å²) in [5, 5.41) is 3.40. The first kappa shape index (κ1) is 12.7. The Morgan fingerprint density at radius 1 is 1.24 bits per heavy atom. The number of nitrogens with zero attached hydrogens (tertiary/aromatic N) is 1. The average molecular weight is 298 g/mol. The SMILES string of the molecule is Nc1ccc(Br)cc1NCCN1CCCCC1. The summed E-state index contributed by atoms with van der Waals surface area (Å²) in [7, 11) is 0. The molecule has 0 unspecified atom stereocenters. The van der Waals surface area contributed by atoms with Gasteiger partial charge in [-0.3, -0.25) is 0 Å². The zero-order chi connectivity index (χ0) is 12.1.